The lowest BCUT2D eigenvalue weighted by Crippen LogP contribution is -2.65. The van der Waals surface area contributed by atoms with Crippen LogP contribution in [0.1, 0.15) is 65.2 Å². The summed E-state index contributed by atoms with van der Waals surface area (Å²) in [6.45, 7) is 4.32. The normalized spacial score (nSPS) is 37.1. The lowest BCUT2D eigenvalue weighted by atomic mass is 9.44. The molecule has 28 heavy (non-hydrogen) atoms. The van der Waals surface area contributed by atoms with E-state index in [1.54, 1.807) is 0 Å². The van der Waals surface area contributed by atoms with E-state index in [0.29, 0.717) is 11.8 Å². The first-order valence-corrected chi connectivity index (χ1v) is 10.9. The van der Waals surface area contributed by atoms with Gasteiger partial charge in [-0.3, -0.25) is 0 Å². The van der Waals surface area contributed by atoms with E-state index in [1.165, 1.54) is 0 Å². The molecule has 0 aromatic heterocycles. The molecule has 0 aromatic rings. The zero-order chi connectivity index (χ0) is 19.5. The Morgan fingerprint density at radius 3 is 2.82 bits per heavy atom. The van der Waals surface area contributed by atoms with Gasteiger partial charge in [0, 0.05) is 17.4 Å². The fourth-order valence-corrected chi connectivity index (χ4v) is 6.39. The van der Waals surface area contributed by atoms with E-state index < -0.39 is 5.60 Å². The lowest BCUT2D eigenvalue weighted by molar-refractivity contribution is -0.197. The highest BCUT2D eigenvalue weighted by Gasteiger charge is 2.71. The van der Waals surface area contributed by atoms with E-state index in [2.05, 4.69) is 26.0 Å². The molecule has 0 aromatic carbocycles. The molecule has 1 spiro atoms. The van der Waals surface area contributed by atoms with Gasteiger partial charge >= 0.3 is 11.9 Å². The van der Waals surface area contributed by atoms with Crippen LogP contribution in [0.5, 0.6) is 0 Å². The molecule has 3 aliphatic carbocycles. The predicted octanol–water partition coefficient (Wildman–Crippen LogP) is 4.92. The summed E-state index contributed by atoms with van der Waals surface area (Å²) < 4.78 is 11.9. The first-order chi connectivity index (χ1) is 13.6. The first-order valence-electron chi connectivity index (χ1n) is 10.9. The number of ether oxygens (including phenoxy) is 2. The molecule has 0 amide bonds. The van der Waals surface area contributed by atoms with Crippen molar-refractivity contribution in [1.82, 2.24) is 0 Å². The SMILES string of the molecule is CCCC=C1OC(=O)C2=C1CC[C@H]1C2C2(OC(=O)C3=C2CCC=C3)[C@H]1CCC. The van der Waals surface area contributed by atoms with Crippen LogP contribution in [0.3, 0.4) is 0 Å². The number of hydrogen-bond donors (Lipinski definition) is 0. The number of carbonyl (C=O) groups excluding carboxylic acids is 2. The summed E-state index contributed by atoms with van der Waals surface area (Å²) >= 11 is 0. The molecule has 4 heteroatoms. The van der Waals surface area contributed by atoms with Crippen LogP contribution in [0.2, 0.25) is 0 Å². The van der Waals surface area contributed by atoms with Crippen molar-refractivity contribution >= 4 is 11.9 Å². The minimum Gasteiger partial charge on any atom is -0.450 e. The fourth-order valence-electron chi connectivity index (χ4n) is 6.39. The molecule has 0 bridgehead atoms. The topological polar surface area (TPSA) is 52.6 Å². The van der Waals surface area contributed by atoms with Crippen LogP contribution in [-0.4, -0.2) is 17.5 Å². The summed E-state index contributed by atoms with van der Waals surface area (Å²) in [5.41, 5.74) is 3.16. The van der Waals surface area contributed by atoms with E-state index in [4.69, 9.17) is 9.47 Å². The van der Waals surface area contributed by atoms with E-state index >= 15 is 0 Å². The Hall–Kier alpha value is -2.10. The van der Waals surface area contributed by atoms with E-state index in [-0.39, 0.29) is 17.9 Å². The Labute approximate surface area is 166 Å². The van der Waals surface area contributed by atoms with Crippen LogP contribution in [-0.2, 0) is 19.1 Å². The molecule has 1 fully saturated rings. The summed E-state index contributed by atoms with van der Waals surface area (Å²) in [5, 5.41) is 0. The van der Waals surface area contributed by atoms with Crippen molar-refractivity contribution in [3.63, 3.8) is 0 Å². The van der Waals surface area contributed by atoms with Crippen LogP contribution in [0.4, 0.5) is 0 Å². The van der Waals surface area contributed by atoms with Crippen molar-refractivity contribution < 1.29 is 19.1 Å². The number of carbonyl (C=O) groups is 2. The molecular weight excluding hydrogens is 352 g/mol. The minimum atomic E-state index is -0.613. The summed E-state index contributed by atoms with van der Waals surface area (Å²) in [4.78, 5) is 25.7. The lowest BCUT2D eigenvalue weighted by Gasteiger charge is -2.61. The number of unbranched alkanes of at least 4 members (excludes halogenated alkanes) is 1. The molecule has 4 nitrogen and oxygen atoms in total. The van der Waals surface area contributed by atoms with Crippen molar-refractivity contribution in [2.45, 2.75) is 70.8 Å². The number of cyclic esters (lactones) is 1. The van der Waals surface area contributed by atoms with E-state index in [1.807, 2.05) is 6.08 Å². The molecule has 2 aliphatic heterocycles. The molecule has 5 rings (SSSR count). The van der Waals surface area contributed by atoms with Gasteiger partial charge in [-0.1, -0.05) is 38.8 Å². The number of allylic oxidation sites excluding steroid dienone is 3. The van der Waals surface area contributed by atoms with Crippen molar-refractivity contribution in [2.75, 3.05) is 0 Å². The van der Waals surface area contributed by atoms with Gasteiger partial charge in [0.15, 0.2) is 0 Å². The average molecular weight is 380 g/mol. The number of fused-ring (bicyclic) bond motifs is 4. The maximum Gasteiger partial charge on any atom is 0.340 e. The molecule has 0 N–H and O–H groups in total. The van der Waals surface area contributed by atoms with E-state index in [0.717, 1.165) is 79.4 Å². The highest BCUT2D eigenvalue weighted by molar-refractivity contribution is 5.99. The average Bonchev–Trinajstić information content (AvgIpc) is 3.19. The summed E-state index contributed by atoms with van der Waals surface area (Å²) in [6.07, 6.45) is 13.8. The maximum absolute atomic E-state index is 12.9. The monoisotopic (exact) mass is 380 g/mol. The second-order valence-corrected chi connectivity index (χ2v) is 8.73. The quantitative estimate of drug-likeness (QED) is 0.650. The van der Waals surface area contributed by atoms with Crippen molar-refractivity contribution in [1.29, 1.82) is 0 Å². The zero-order valence-electron chi connectivity index (χ0n) is 16.8. The third-order valence-corrected chi connectivity index (χ3v) is 7.38. The van der Waals surface area contributed by atoms with Crippen LogP contribution in [0.25, 0.3) is 0 Å². The van der Waals surface area contributed by atoms with Gasteiger partial charge in [0.2, 0.25) is 0 Å². The molecule has 5 aliphatic rings. The summed E-state index contributed by atoms with van der Waals surface area (Å²) in [6, 6.07) is 0. The molecule has 0 saturated heterocycles. The van der Waals surface area contributed by atoms with Gasteiger partial charge in [0.1, 0.15) is 11.4 Å². The molecule has 1 saturated carbocycles. The van der Waals surface area contributed by atoms with Gasteiger partial charge in [-0.25, -0.2) is 9.59 Å². The van der Waals surface area contributed by atoms with Gasteiger partial charge in [-0.05, 0) is 56.1 Å². The Balaban J connectivity index is 1.63. The van der Waals surface area contributed by atoms with Crippen molar-refractivity contribution in [2.24, 2.45) is 17.8 Å². The van der Waals surface area contributed by atoms with Crippen LogP contribution < -0.4 is 0 Å². The fraction of sp³-hybridized carbons (Fsp3) is 0.583. The molecule has 148 valence electrons. The Morgan fingerprint density at radius 1 is 1.18 bits per heavy atom. The summed E-state index contributed by atoms with van der Waals surface area (Å²) in [7, 11) is 0. The van der Waals surface area contributed by atoms with Crippen molar-refractivity contribution in [3.8, 4) is 0 Å². The van der Waals surface area contributed by atoms with Gasteiger partial charge in [-0.15, -0.1) is 0 Å². The molecule has 2 heterocycles. The summed E-state index contributed by atoms with van der Waals surface area (Å²) in [5.74, 6) is 1.04. The minimum absolute atomic E-state index is 0.0317. The Morgan fingerprint density at radius 2 is 2.04 bits per heavy atom. The second-order valence-electron chi connectivity index (χ2n) is 8.73. The van der Waals surface area contributed by atoms with Crippen molar-refractivity contribution in [3.05, 3.63) is 46.3 Å². The van der Waals surface area contributed by atoms with Crippen LogP contribution >= 0.6 is 0 Å². The third-order valence-electron chi connectivity index (χ3n) is 7.38. The van der Waals surface area contributed by atoms with Gasteiger partial charge < -0.3 is 9.47 Å². The standard InChI is InChI=1S/C24H28O4/c1-3-5-11-19-16-13-12-14-17(8-4-2)24(21(14)20(16)23(26)27-19)18-10-7-6-9-15(18)22(25)28-24/h6,9,11,14,17,21H,3-5,7-8,10,12-13H2,1-2H3/t14-,17+,21?,24?/m1/s1. The molecular formula is C24H28O4. The second kappa shape index (κ2) is 6.47. The van der Waals surface area contributed by atoms with Crippen LogP contribution in [0, 0.1) is 17.8 Å². The molecule has 0 radical (unpaired) electrons. The molecule has 4 atom stereocenters. The number of esters is 2. The smallest absolute Gasteiger partial charge is 0.340 e. The Kier molecular flexibility index (Phi) is 4.15. The van der Waals surface area contributed by atoms with Gasteiger partial charge in [0.25, 0.3) is 0 Å². The Bertz CT molecular complexity index is 871. The predicted molar refractivity (Wildman–Crippen MR) is 105 cm³/mol. The highest BCUT2D eigenvalue weighted by atomic mass is 16.6. The van der Waals surface area contributed by atoms with Gasteiger partial charge in [-0.2, -0.15) is 0 Å². The zero-order valence-corrected chi connectivity index (χ0v) is 16.8. The van der Waals surface area contributed by atoms with E-state index in [9.17, 15) is 9.59 Å². The molecule has 2 unspecified atom stereocenters. The highest BCUT2D eigenvalue weighted by Crippen LogP contribution is 2.68. The largest absolute Gasteiger partial charge is 0.450 e. The number of hydrogen-bond acceptors (Lipinski definition) is 4. The number of rotatable bonds is 4. The third kappa shape index (κ3) is 2.18. The van der Waals surface area contributed by atoms with Crippen LogP contribution in [0.15, 0.2) is 46.3 Å². The first kappa shape index (κ1) is 18.0. The maximum atomic E-state index is 12.9. The van der Waals surface area contributed by atoms with Gasteiger partial charge in [0.05, 0.1) is 11.1 Å².